The van der Waals surface area contributed by atoms with Crippen molar-refractivity contribution in [3.63, 3.8) is 0 Å². The molecule has 6 heteroatoms. The number of thiazole rings is 1. The van der Waals surface area contributed by atoms with Crippen molar-refractivity contribution in [3.8, 4) is 0 Å². The molecule has 3 N–H and O–H groups in total. The van der Waals surface area contributed by atoms with E-state index in [9.17, 15) is 9.59 Å². The average Bonchev–Trinajstić information content (AvgIpc) is 2.68. The largest absolute Gasteiger partial charge is 0.320 e. The van der Waals surface area contributed by atoms with Gasteiger partial charge < -0.3 is 11.1 Å². The number of nitrogens with two attached hydrogens (primary N) is 1. The van der Waals surface area contributed by atoms with E-state index in [0.717, 1.165) is 12.1 Å². The van der Waals surface area contributed by atoms with Crippen LogP contribution in [-0.4, -0.2) is 22.7 Å². The summed E-state index contributed by atoms with van der Waals surface area (Å²) in [5.41, 5.74) is 6.53. The lowest BCUT2D eigenvalue weighted by Crippen LogP contribution is -2.39. The predicted molar refractivity (Wildman–Crippen MR) is 80.0 cm³/mol. The molecule has 0 saturated heterocycles. The summed E-state index contributed by atoms with van der Waals surface area (Å²) in [6, 6.07) is -0.567. The van der Waals surface area contributed by atoms with Crippen LogP contribution in [0, 0.1) is 11.3 Å². The maximum Gasteiger partial charge on any atom is 0.243 e. The highest BCUT2D eigenvalue weighted by atomic mass is 32.1. The molecule has 1 aromatic heterocycles. The van der Waals surface area contributed by atoms with E-state index in [1.165, 1.54) is 11.3 Å². The number of carbonyl (C=O) groups excluding carboxylic acids is 2. The van der Waals surface area contributed by atoms with Crippen molar-refractivity contribution in [1.29, 1.82) is 0 Å². The number of fused-ring (bicyclic) bond motifs is 1. The Kier molecular flexibility index (Phi) is 3.97. The highest BCUT2D eigenvalue weighted by Gasteiger charge is 2.34. The fraction of sp³-hybridized carbons (Fsp3) is 0.643. The van der Waals surface area contributed by atoms with Gasteiger partial charge in [-0.15, -0.1) is 0 Å². The lowest BCUT2D eigenvalue weighted by molar-refractivity contribution is -0.118. The molecule has 0 bridgehead atoms. The van der Waals surface area contributed by atoms with Crippen LogP contribution >= 0.6 is 11.3 Å². The van der Waals surface area contributed by atoms with Crippen LogP contribution in [0.5, 0.6) is 0 Å². The summed E-state index contributed by atoms with van der Waals surface area (Å²) in [5.74, 6) is -0.0784. The van der Waals surface area contributed by atoms with Gasteiger partial charge in [-0.05, 0) is 17.8 Å². The Labute approximate surface area is 123 Å². The van der Waals surface area contributed by atoms with Crippen molar-refractivity contribution in [3.05, 3.63) is 10.6 Å². The first-order chi connectivity index (χ1) is 9.19. The van der Waals surface area contributed by atoms with Crippen LogP contribution in [0.1, 0.15) is 49.5 Å². The van der Waals surface area contributed by atoms with Crippen molar-refractivity contribution in [1.82, 2.24) is 4.98 Å². The highest BCUT2D eigenvalue weighted by Crippen LogP contribution is 2.38. The SMILES string of the molecule is CC(C)C(N)C(=O)Nc1nc2c(s1)C(=O)CC(C)(C)C2. The minimum Gasteiger partial charge on any atom is -0.320 e. The summed E-state index contributed by atoms with van der Waals surface area (Å²) in [7, 11) is 0. The zero-order valence-corrected chi connectivity index (χ0v) is 13.1. The van der Waals surface area contributed by atoms with Gasteiger partial charge in [-0.1, -0.05) is 39.0 Å². The first kappa shape index (κ1) is 15.1. The van der Waals surface area contributed by atoms with Gasteiger partial charge in [0.1, 0.15) is 0 Å². The Hall–Kier alpha value is -1.27. The van der Waals surface area contributed by atoms with Gasteiger partial charge in [0.25, 0.3) is 0 Å². The van der Waals surface area contributed by atoms with Gasteiger partial charge in [-0.25, -0.2) is 4.98 Å². The third-order valence-corrected chi connectivity index (χ3v) is 4.54. The summed E-state index contributed by atoms with van der Waals surface area (Å²) >= 11 is 1.25. The number of hydrogen-bond acceptors (Lipinski definition) is 5. The topological polar surface area (TPSA) is 85.1 Å². The summed E-state index contributed by atoms with van der Waals surface area (Å²) in [5, 5.41) is 3.19. The van der Waals surface area contributed by atoms with Crippen molar-refractivity contribution in [2.45, 2.75) is 46.6 Å². The minimum atomic E-state index is -0.567. The van der Waals surface area contributed by atoms with Crippen LogP contribution < -0.4 is 11.1 Å². The van der Waals surface area contributed by atoms with Gasteiger partial charge in [-0.2, -0.15) is 0 Å². The van der Waals surface area contributed by atoms with Crippen molar-refractivity contribution in [2.75, 3.05) is 5.32 Å². The summed E-state index contributed by atoms with van der Waals surface area (Å²) in [6.45, 7) is 7.90. The van der Waals surface area contributed by atoms with Crippen LogP contribution in [0.25, 0.3) is 0 Å². The second-order valence-electron chi connectivity index (χ2n) is 6.49. The highest BCUT2D eigenvalue weighted by molar-refractivity contribution is 7.17. The third kappa shape index (κ3) is 3.07. The molecule has 0 aliphatic heterocycles. The number of Topliss-reactive ketones (excluding diaryl/α,β-unsaturated/α-hetero) is 1. The van der Waals surface area contributed by atoms with E-state index >= 15 is 0 Å². The molecular weight excluding hydrogens is 274 g/mol. The van der Waals surface area contributed by atoms with E-state index in [-0.39, 0.29) is 23.0 Å². The first-order valence-corrected chi connectivity index (χ1v) is 7.60. The standard InChI is InChI=1S/C14H21N3O2S/c1-7(2)10(15)12(19)17-13-16-8-5-14(3,4)6-9(18)11(8)20-13/h7,10H,5-6,15H2,1-4H3,(H,16,17,19). The molecule has 20 heavy (non-hydrogen) atoms. The van der Waals surface area contributed by atoms with Gasteiger partial charge in [0.2, 0.25) is 5.91 Å². The van der Waals surface area contributed by atoms with Crippen molar-refractivity contribution >= 4 is 28.2 Å². The number of ketones is 1. The predicted octanol–water partition coefficient (Wildman–Crippen LogP) is 2.22. The van der Waals surface area contributed by atoms with E-state index in [2.05, 4.69) is 24.1 Å². The monoisotopic (exact) mass is 295 g/mol. The molecule has 1 aliphatic carbocycles. The molecule has 110 valence electrons. The Morgan fingerprint density at radius 2 is 2.05 bits per heavy atom. The molecule has 1 heterocycles. The van der Waals surface area contributed by atoms with Gasteiger partial charge in [0.15, 0.2) is 10.9 Å². The molecule has 0 spiro atoms. The van der Waals surface area contributed by atoms with Gasteiger partial charge in [-0.3, -0.25) is 9.59 Å². The summed E-state index contributed by atoms with van der Waals surface area (Å²) in [6.07, 6.45) is 1.29. The molecule has 0 radical (unpaired) electrons. The molecule has 0 saturated carbocycles. The van der Waals surface area contributed by atoms with Gasteiger partial charge in [0.05, 0.1) is 16.6 Å². The smallest absolute Gasteiger partial charge is 0.243 e. The number of carbonyl (C=O) groups is 2. The zero-order valence-electron chi connectivity index (χ0n) is 12.3. The number of hydrogen-bond donors (Lipinski definition) is 2. The number of anilines is 1. The molecule has 1 aliphatic rings. The molecule has 1 atom stereocenters. The lowest BCUT2D eigenvalue weighted by atomic mass is 9.78. The normalized spacial score (nSPS) is 18.8. The van der Waals surface area contributed by atoms with Crippen molar-refractivity contribution in [2.24, 2.45) is 17.1 Å². The molecule has 1 aromatic rings. The molecule has 2 rings (SSSR count). The second kappa shape index (κ2) is 5.26. The minimum absolute atomic E-state index is 0.0603. The zero-order chi connectivity index (χ0) is 15.1. The Bertz CT molecular complexity index is 549. The van der Waals surface area contributed by atoms with Gasteiger partial charge in [0, 0.05) is 6.42 Å². The molecule has 1 unspecified atom stereocenters. The van der Waals surface area contributed by atoms with Crippen molar-refractivity contribution < 1.29 is 9.59 Å². The van der Waals surface area contributed by atoms with Crippen LogP contribution in [0.15, 0.2) is 0 Å². The second-order valence-corrected chi connectivity index (χ2v) is 7.49. The molecular formula is C14H21N3O2S. The van der Waals surface area contributed by atoms with E-state index in [0.29, 0.717) is 16.4 Å². The Morgan fingerprint density at radius 3 is 2.65 bits per heavy atom. The molecule has 0 aromatic carbocycles. The van der Waals surface area contributed by atoms with E-state index < -0.39 is 6.04 Å². The Morgan fingerprint density at radius 1 is 1.40 bits per heavy atom. The van der Waals surface area contributed by atoms with Crippen LogP contribution in [0.4, 0.5) is 5.13 Å². The third-order valence-electron chi connectivity index (χ3n) is 3.49. The number of amides is 1. The Balaban J connectivity index is 2.17. The van der Waals surface area contributed by atoms with Crippen LogP contribution in [0.2, 0.25) is 0 Å². The van der Waals surface area contributed by atoms with E-state index in [1.807, 2.05) is 13.8 Å². The van der Waals surface area contributed by atoms with Gasteiger partial charge >= 0.3 is 0 Å². The number of aromatic nitrogens is 1. The molecule has 5 nitrogen and oxygen atoms in total. The molecule has 0 fully saturated rings. The first-order valence-electron chi connectivity index (χ1n) is 6.79. The summed E-state index contributed by atoms with van der Waals surface area (Å²) in [4.78, 5) is 29.1. The number of rotatable bonds is 3. The fourth-order valence-electron chi connectivity index (χ4n) is 2.27. The average molecular weight is 295 g/mol. The van der Waals surface area contributed by atoms with E-state index in [1.54, 1.807) is 0 Å². The molecule has 1 amide bonds. The number of nitrogens with one attached hydrogen (secondary N) is 1. The van der Waals surface area contributed by atoms with Crippen LogP contribution in [0.3, 0.4) is 0 Å². The lowest BCUT2D eigenvalue weighted by Gasteiger charge is -2.26. The van der Waals surface area contributed by atoms with Crippen LogP contribution in [-0.2, 0) is 11.2 Å². The maximum absolute atomic E-state index is 12.1. The quantitative estimate of drug-likeness (QED) is 0.895. The maximum atomic E-state index is 12.1. The van der Waals surface area contributed by atoms with E-state index in [4.69, 9.17) is 5.73 Å². The summed E-state index contributed by atoms with van der Waals surface area (Å²) < 4.78 is 0. The fourth-order valence-corrected chi connectivity index (χ4v) is 3.19. The number of nitrogens with zero attached hydrogens (tertiary/aromatic N) is 1.